The van der Waals surface area contributed by atoms with Crippen molar-refractivity contribution < 1.29 is 0 Å². The van der Waals surface area contributed by atoms with Gasteiger partial charge in [0, 0.05) is 19.1 Å². The third-order valence-electron chi connectivity index (χ3n) is 3.18. The lowest BCUT2D eigenvalue weighted by Gasteiger charge is -2.25. The van der Waals surface area contributed by atoms with Crippen molar-refractivity contribution in [3.05, 3.63) is 11.6 Å². The van der Waals surface area contributed by atoms with Gasteiger partial charge in [0.1, 0.15) is 0 Å². The minimum atomic E-state index is 0.874. The summed E-state index contributed by atoms with van der Waals surface area (Å²) < 4.78 is 0. The fraction of sp³-hybridized carbons (Fsp3) is 0.833. The van der Waals surface area contributed by atoms with Crippen LogP contribution in [0, 0.1) is 0 Å². The largest absolute Gasteiger partial charge is 0.314 e. The molecule has 0 radical (unpaired) electrons. The number of nitrogens with zero attached hydrogens (tertiary/aromatic N) is 1. The van der Waals surface area contributed by atoms with E-state index in [9.17, 15) is 0 Å². The highest BCUT2D eigenvalue weighted by atomic mass is 15.1. The van der Waals surface area contributed by atoms with Gasteiger partial charge < -0.3 is 5.32 Å². The lowest BCUT2D eigenvalue weighted by molar-refractivity contribution is 0.288. The van der Waals surface area contributed by atoms with Crippen LogP contribution in [0.5, 0.6) is 0 Å². The molecule has 14 heavy (non-hydrogen) atoms. The van der Waals surface area contributed by atoms with E-state index >= 15 is 0 Å². The van der Waals surface area contributed by atoms with Crippen LogP contribution in [0.25, 0.3) is 0 Å². The van der Waals surface area contributed by atoms with E-state index in [4.69, 9.17) is 0 Å². The number of hydrogen-bond acceptors (Lipinski definition) is 2. The van der Waals surface area contributed by atoms with Gasteiger partial charge in [0.05, 0.1) is 0 Å². The molecule has 1 saturated carbocycles. The van der Waals surface area contributed by atoms with Crippen LogP contribution in [-0.2, 0) is 0 Å². The maximum absolute atomic E-state index is 3.56. The van der Waals surface area contributed by atoms with E-state index < -0.39 is 0 Å². The van der Waals surface area contributed by atoms with E-state index in [0.717, 1.165) is 6.04 Å². The quantitative estimate of drug-likeness (QED) is 0.530. The van der Waals surface area contributed by atoms with E-state index in [1.165, 1.54) is 51.9 Å². The summed E-state index contributed by atoms with van der Waals surface area (Å²) in [6.45, 7) is 7.17. The van der Waals surface area contributed by atoms with Crippen molar-refractivity contribution in [1.29, 1.82) is 0 Å². The number of nitrogens with one attached hydrogen (secondary N) is 1. The van der Waals surface area contributed by atoms with Crippen LogP contribution in [0.2, 0.25) is 0 Å². The fourth-order valence-electron chi connectivity index (χ4n) is 1.91. The summed E-state index contributed by atoms with van der Waals surface area (Å²) in [5.41, 5.74) is 1.57. The highest BCUT2D eigenvalue weighted by Gasteiger charge is 2.19. The van der Waals surface area contributed by atoms with E-state index in [2.05, 4.69) is 23.2 Å². The van der Waals surface area contributed by atoms with Gasteiger partial charge in [0.15, 0.2) is 0 Å². The molecule has 2 nitrogen and oxygen atoms in total. The van der Waals surface area contributed by atoms with Crippen LogP contribution in [0.3, 0.4) is 0 Å². The highest BCUT2D eigenvalue weighted by molar-refractivity contribution is 5.03. The molecule has 0 amide bonds. The lowest BCUT2D eigenvalue weighted by Crippen LogP contribution is -2.31. The minimum absolute atomic E-state index is 0.874. The molecule has 0 aromatic rings. The molecule has 1 fully saturated rings. The van der Waals surface area contributed by atoms with Crippen molar-refractivity contribution >= 4 is 0 Å². The molecule has 2 aliphatic rings. The van der Waals surface area contributed by atoms with E-state index in [1.807, 2.05) is 0 Å². The summed E-state index contributed by atoms with van der Waals surface area (Å²) in [7, 11) is 0. The first-order valence-corrected chi connectivity index (χ1v) is 5.96. The van der Waals surface area contributed by atoms with Crippen molar-refractivity contribution in [3.8, 4) is 0 Å². The van der Waals surface area contributed by atoms with Crippen molar-refractivity contribution in [2.75, 3.05) is 26.2 Å². The Labute approximate surface area is 87.4 Å². The Morgan fingerprint density at radius 2 is 2.36 bits per heavy atom. The van der Waals surface area contributed by atoms with Gasteiger partial charge >= 0.3 is 0 Å². The van der Waals surface area contributed by atoms with Gasteiger partial charge in [-0.15, -0.1) is 0 Å². The Kier molecular flexibility index (Phi) is 3.60. The highest BCUT2D eigenvalue weighted by Crippen LogP contribution is 2.18. The molecule has 1 N–H and O–H groups in total. The normalized spacial score (nSPS) is 23.6. The third kappa shape index (κ3) is 3.43. The second-order valence-electron chi connectivity index (χ2n) is 4.68. The second kappa shape index (κ2) is 4.94. The zero-order chi connectivity index (χ0) is 9.80. The predicted molar refractivity (Wildman–Crippen MR) is 60.5 cm³/mol. The second-order valence-corrected chi connectivity index (χ2v) is 4.68. The first-order valence-electron chi connectivity index (χ1n) is 5.96. The van der Waals surface area contributed by atoms with Crippen LogP contribution in [0.1, 0.15) is 32.6 Å². The number of rotatable bonds is 5. The standard InChI is InChI=1S/C12H22N2/c1-11-5-9-14(10-6-11)8-2-7-13-12-3-4-12/h5,12-13H,2-4,6-10H2,1H3. The molecule has 0 spiro atoms. The molecule has 2 rings (SSSR count). The average Bonchev–Trinajstić information content (AvgIpc) is 2.99. The van der Waals surface area contributed by atoms with Gasteiger partial charge in [-0.3, -0.25) is 4.90 Å². The minimum Gasteiger partial charge on any atom is -0.314 e. The van der Waals surface area contributed by atoms with E-state index in [1.54, 1.807) is 5.57 Å². The van der Waals surface area contributed by atoms with Gasteiger partial charge in [-0.1, -0.05) is 11.6 Å². The topological polar surface area (TPSA) is 15.3 Å². The molecule has 1 aliphatic carbocycles. The van der Waals surface area contributed by atoms with Gasteiger partial charge in [-0.2, -0.15) is 0 Å². The zero-order valence-electron chi connectivity index (χ0n) is 9.26. The molecular weight excluding hydrogens is 172 g/mol. The van der Waals surface area contributed by atoms with Gasteiger partial charge in [0.2, 0.25) is 0 Å². The zero-order valence-corrected chi connectivity index (χ0v) is 9.26. The molecule has 2 heteroatoms. The SMILES string of the molecule is CC1=CCN(CCCNC2CC2)CC1. The predicted octanol–water partition coefficient (Wildman–Crippen LogP) is 1.78. The summed E-state index contributed by atoms with van der Waals surface area (Å²) in [6.07, 6.45) is 7.77. The molecular formula is C12H22N2. The monoisotopic (exact) mass is 194 g/mol. The summed E-state index contributed by atoms with van der Waals surface area (Å²) in [6, 6.07) is 0.874. The summed E-state index contributed by atoms with van der Waals surface area (Å²) >= 11 is 0. The molecule has 0 unspecified atom stereocenters. The van der Waals surface area contributed by atoms with E-state index in [0.29, 0.717) is 0 Å². The average molecular weight is 194 g/mol. The van der Waals surface area contributed by atoms with Crippen molar-refractivity contribution in [2.45, 2.75) is 38.6 Å². The molecule has 0 bridgehead atoms. The molecule has 1 heterocycles. The van der Waals surface area contributed by atoms with Crippen LogP contribution < -0.4 is 5.32 Å². The Morgan fingerprint density at radius 3 is 3.00 bits per heavy atom. The van der Waals surface area contributed by atoms with Crippen LogP contribution in [0.4, 0.5) is 0 Å². The first kappa shape index (κ1) is 10.2. The molecule has 0 aromatic carbocycles. The Hall–Kier alpha value is -0.340. The van der Waals surface area contributed by atoms with Crippen LogP contribution >= 0.6 is 0 Å². The number of hydrogen-bond donors (Lipinski definition) is 1. The summed E-state index contributed by atoms with van der Waals surface area (Å²) in [4.78, 5) is 2.56. The van der Waals surface area contributed by atoms with Crippen molar-refractivity contribution in [2.24, 2.45) is 0 Å². The van der Waals surface area contributed by atoms with E-state index in [-0.39, 0.29) is 0 Å². The third-order valence-corrected chi connectivity index (χ3v) is 3.18. The van der Waals surface area contributed by atoms with Crippen molar-refractivity contribution in [1.82, 2.24) is 10.2 Å². The lowest BCUT2D eigenvalue weighted by atomic mass is 10.1. The maximum Gasteiger partial charge on any atom is 0.0165 e. The summed E-state index contributed by atoms with van der Waals surface area (Å²) in [5, 5.41) is 3.56. The maximum atomic E-state index is 3.56. The molecule has 80 valence electrons. The van der Waals surface area contributed by atoms with Crippen LogP contribution in [0.15, 0.2) is 11.6 Å². The Bertz CT molecular complexity index is 206. The Morgan fingerprint density at radius 1 is 1.50 bits per heavy atom. The van der Waals surface area contributed by atoms with Gasteiger partial charge in [-0.05, 0) is 45.7 Å². The summed E-state index contributed by atoms with van der Waals surface area (Å²) in [5.74, 6) is 0. The molecule has 0 aromatic heterocycles. The molecule has 1 aliphatic heterocycles. The van der Waals surface area contributed by atoms with Crippen LogP contribution in [-0.4, -0.2) is 37.1 Å². The van der Waals surface area contributed by atoms with Gasteiger partial charge in [-0.25, -0.2) is 0 Å². The Balaban J connectivity index is 1.52. The first-order chi connectivity index (χ1) is 6.84. The smallest absolute Gasteiger partial charge is 0.0165 e. The fourth-order valence-corrected chi connectivity index (χ4v) is 1.91. The molecule has 0 atom stereocenters. The van der Waals surface area contributed by atoms with Crippen molar-refractivity contribution in [3.63, 3.8) is 0 Å². The molecule has 0 saturated heterocycles. The van der Waals surface area contributed by atoms with Gasteiger partial charge in [0.25, 0.3) is 0 Å².